The second-order valence-electron chi connectivity index (χ2n) is 8.08. The van der Waals surface area contributed by atoms with E-state index in [0.29, 0.717) is 35.8 Å². The molecule has 3 rings (SSSR count). The predicted octanol–water partition coefficient (Wildman–Crippen LogP) is 3.68. The number of benzene rings is 2. The standard InChI is InChI=1S/C26H36N2O5/c1-5-33-25(20-9-7-6-8-10-20)19-28-15-13-27(14-16-28)12-11-22(29)21-17-23(30-2)26(32-4)24(18-21)31-3/h6-10,17-18,25H,5,11-16,19H2,1-4H3. The van der Waals surface area contributed by atoms with Gasteiger partial charge in [-0.3, -0.25) is 9.69 Å². The van der Waals surface area contributed by atoms with Crippen molar-refractivity contribution in [3.8, 4) is 17.2 Å². The molecule has 1 fully saturated rings. The molecule has 2 aromatic rings. The van der Waals surface area contributed by atoms with Gasteiger partial charge in [-0.15, -0.1) is 0 Å². The van der Waals surface area contributed by atoms with E-state index in [1.807, 2.05) is 13.0 Å². The maximum Gasteiger partial charge on any atom is 0.203 e. The van der Waals surface area contributed by atoms with Crippen LogP contribution >= 0.6 is 0 Å². The van der Waals surface area contributed by atoms with Crippen molar-refractivity contribution in [3.63, 3.8) is 0 Å². The minimum atomic E-state index is 0.0668. The molecule has 0 aromatic heterocycles. The van der Waals surface area contributed by atoms with Crippen molar-refractivity contribution in [1.29, 1.82) is 0 Å². The summed E-state index contributed by atoms with van der Waals surface area (Å²) < 4.78 is 22.1. The van der Waals surface area contributed by atoms with Gasteiger partial charge in [0.1, 0.15) is 0 Å². The number of piperazine rings is 1. The highest BCUT2D eigenvalue weighted by Crippen LogP contribution is 2.38. The SMILES string of the molecule is CCOC(CN1CCN(CCC(=O)c2cc(OC)c(OC)c(OC)c2)CC1)c1ccccc1. The summed E-state index contributed by atoms with van der Waals surface area (Å²) in [6, 6.07) is 13.9. The van der Waals surface area contributed by atoms with Gasteiger partial charge < -0.3 is 23.8 Å². The van der Waals surface area contributed by atoms with E-state index in [0.717, 1.165) is 39.3 Å². The first kappa shape index (κ1) is 25.0. The van der Waals surface area contributed by atoms with Gasteiger partial charge >= 0.3 is 0 Å². The van der Waals surface area contributed by atoms with Crippen molar-refractivity contribution in [1.82, 2.24) is 9.80 Å². The van der Waals surface area contributed by atoms with Crippen LogP contribution in [0.5, 0.6) is 17.2 Å². The van der Waals surface area contributed by atoms with Crippen LogP contribution in [-0.4, -0.2) is 82.8 Å². The van der Waals surface area contributed by atoms with Gasteiger partial charge in [0, 0.05) is 57.9 Å². The number of nitrogens with zero attached hydrogens (tertiary/aromatic N) is 2. The van der Waals surface area contributed by atoms with Crippen molar-refractivity contribution in [2.24, 2.45) is 0 Å². The Balaban J connectivity index is 1.51. The molecule has 0 spiro atoms. The van der Waals surface area contributed by atoms with Crippen molar-refractivity contribution >= 4 is 5.78 Å². The van der Waals surface area contributed by atoms with E-state index in [1.165, 1.54) is 5.56 Å². The summed E-state index contributed by atoms with van der Waals surface area (Å²) in [5.74, 6) is 1.55. The van der Waals surface area contributed by atoms with Crippen LogP contribution in [0.1, 0.15) is 35.4 Å². The van der Waals surface area contributed by atoms with Gasteiger partial charge in [0.2, 0.25) is 5.75 Å². The number of ether oxygens (including phenoxy) is 4. The van der Waals surface area contributed by atoms with Crippen LogP contribution in [0.2, 0.25) is 0 Å². The molecule has 0 amide bonds. The van der Waals surface area contributed by atoms with E-state index in [4.69, 9.17) is 18.9 Å². The molecule has 1 unspecified atom stereocenters. The topological polar surface area (TPSA) is 60.5 Å². The summed E-state index contributed by atoms with van der Waals surface area (Å²) in [4.78, 5) is 17.7. The average molecular weight is 457 g/mol. The Morgan fingerprint density at radius 2 is 1.52 bits per heavy atom. The molecule has 1 aliphatic rings. The van der Waals surface area contributed by atoms with Gasteiger partial charge in [-0.05, 0) is 24.6 Å². The monoisotopic (exact) mass is 456 g/mol. The van der Waals surface area contributed by atoms with E-state index < -0.39 is 0 Å². The van der Waals surface area contributed by atoms with E-state index in [-0.39, 0.29) is 11.9 Å². The number of carbonyl (C=O) groups is 1. The first-order valence-corrected chi connectivity index (χ1v) is 11.5. The second kappa shape index (κ2) is 12.6. The molecule has 1 heterocycles. The number of ketones is 1. The molecule has 1 saturated heterocycles. The molecule has 2 aromatic carbocycles. The lowest BCUT2D eigenvalue weighted by molar-refractivity contribution is 0.0183. The zero-order valence-corrected chi connectivity index (χ0v) is 20.2. The Labute approximate surface area is 197 Å². The Morgan fingerprint density at radius 3 is 2.06 bits per heavy atom. The van der Waals surface area contributed by atoms with Gasteiger partial charge in [0.25, 0.3) is 0 Å². The van der Waals surface area contributed by atoms with Crippen LogP contribution in [0, 0.1) is 0 Å². The minimum Gasteiger partial charge on any atom is -0.493 e. The quantitative estimate of drug-likeness (QED) is 0.452. The third-order valence-corrected chi connectivity index (χ3v) is 6.07. The van der Waals surface area contributed by atoms with Gasteiger partial charge in [0.05, 0.1) is 27.4 Å². The molecule has 7 nitrogen and oxygen atoms in total. The van der Waals surface area contributed by atoms with Crippen molar-refractivity contribution < 1.29 is 23.7 Å². The summed E-state index contributed by atoms with van der Waals surface area (Å²) in [5.41, 5.74) is 1.79. The molecule has 7 heteroatoms. The summed E-state index contributed by atoms with van der Waals surface area (Å²) in [6.45, 7) is 8.17. The number of rotatable bonds is 12. The lowest BCUT2D eigenvalue weighted by Gasteiger charge is -2.36. The Hall–Kier alpha value is -2.61. The third-order valence-electron chi connectivity index (χ3n) is 6.07. The van der Waals surface area contributed by atoms with Crippen LogP contribution in [0.4, 0.5) is 0 Å². The molecule has 1 atom stereocenters. The highest BCUT2D eigenvalue weighted by Gasteiger charge is 2.22. The van der Waals surface area contributed by atoms with E-state index in [9.17, 15) is 4.79 Å². The molecule has 33 heavy (non-hydrogen) atoms. The maximum atomic E-state index is 12.9. The van der Waals surface area contributed by atoms with E-state index in [2.05, 4.69) is 34.1 Å². The van der Waals surface area contributed by atoms with Crippen molar-refractivity contribution in [2.45, 2.75) is 19.4 Å². The van der Waals surface area contributed by atoms with E-state index in [1.54, 1.807) is 33.5 Å². The normalized spacial score (nSPS) is 15.8. The number of Topliss-reactive ketones (excluding diaryl/α,β-unsaturated/α-hetero) is 1. The highest BCUT2D eigenvalue weighted by atomic mass is 16.5. The number of methoxy groups -OCH3 is 3. The maximum absolute atomic E-state index is 12.9. The molecule has 0 bridgehead atoms. The van der Waals surface area contributed by atoms with Gasteiger partial charge in [-0.25, -0.2) is 0 Å². The third kappa shape index (κ3) is 6.69. The fourth-order valence-electron chi connectivity index (χ4n) is 4.20. The molecular formula is C26H36N2O5. The van der Waals surface area contributed by atoms with Crippen LogP contribution in [-0.2, 0) is 4.74 Å². The summed E-state index contributed by atoms with van der Waals surface area (Å²) >= 11 is 0. The molecule has 0 saturated carbocycles. The molecule has 180 valence electrons. The van der Waals surface area contributed by atoms with Crippen LogP contribution < -0.4 is 14.2 Å². The highest BCUT2D eigenvalue weighted by molar-refractivity contribution is 5.97. The van der Waals surface area contributed by atoms with Gasteiger partial charge in [-0.1, -0.05) is 30.3 Å². The van der Waals surface area contributed by atoms with Crippen LogP contribution in [0.15, 0.2) is 42.5 Å². The molecular weight excluding hydrogens is 420 g/mol. The fraction of sp³-hybridized carbons (Fsp3) is 0.500. The zero-order chi connectivity index (χ0) is 23.6. The minimum absolute atomic E-state index is 0.0668. The van der Waals surface area contributed by atoms with E-state index >= 15 is 0 Å². The van der Waals surface area contributed by atoms with Crippen molar-refractivity contribution in [2.75, 3.05) is 67.2 Å². The zero-order valence-electron chi connectivity index (χ0n) is 20.2. The lowest BCUT2D eigenvalue weighted by Crippen LogP contribution is -2.48. The second-order valence-corrected chi connectivity index (χ2v) is 8.08. The van der Waals surface area contributed by atoms with Gasteiger partial charge in [0.15, 0.2) is 17.3 Å². The first-order valence-electron chi connectivity index (χ1n) is 11.5. The number of hydrogen-bond acceptors (Lipinski definition) is 7. The van der Waals surface area contributed by atoms with Crippen molar-refractivity contribution in [3.05, 3.63) is 53.6 Å². The summed E-state index contributed by atoms with van der Waals surface area (Å²) in [7, 11) is 4.66. The summed E-state index contributed by atoms with van der Waals surface area (Å²) in [5, 5.41) is 0. The largest absolute Gasteiger partial charge is 0.493 e. The molecule has 0 radical (unpaired) electrons. The Bertz CT molecular complexity index is 857. The number of carbonyl (C=O) groups excluding carboxylic acids is 1. The predicted molar refractivity (Wildman–Crippen MR) is 129 cm³/mol. The van der Waals surface area contributed by atoms with Gasteiger partial charge in [-0.2, -0.15) is 0 Å². The molecule has 0 N–H and O–H groups in total. The Morgan fingerprint density at radius 1 is 0.909 bits per heavy atom. The molecule has 1 aliphatic heterocycles. The smallest absolute Gasteiger partial charge is 0.203 e. The number of hydrogen-bond donors (Lipinski definition) is 0. The first-order chi connectivity index (χ1) is 16.1. The lowest BCUT2D eigenvalue weighted by atomic mass is 10.1. The Kier molecular flexibility index (Phi) is 9.54. The fourth-order valence-corrected chi connectivity index (χ4v) is 4.20. The molecule has 0 aliphatic carbocycles. The summed E-state index contributed by atoms with van der Waals surface area (Å²) in [6.07, 6.45) is 0.536. The van der Waals surface area contributed by atoms with Crippen LogP contribution in [0.25, 0.3) is 0 Å². The average Bonchev–Trinajstić information content (AvgIpc) is 2.87. The van der Waals surface area contributed by atoms with Crippen LogP contribution in [0.3, 0.4) is 0 Å².